The molecule has 1 aromatic carbocycles. The Labute approximate surface area is 116 Å². The van der Waals surface area contributed by atoms with E-state index in [0.717, 1.165) is 12.0 Å². The van der Waals surface area contributed by atoms with Crippen LogP contribution in [0.2, 0.25) is 0 Å². The highest BCUT2D eigenvalue weighted by Gasteiger charge is 2.30. The van der Waals surface area contributed by atoms with Gasteiger partial charge in [-0.05, 0) is 24.8 Å². The first-order valence-corrected chi connectivity index (χ1v) is 7.03. The van der Waals surface area contributed by atoms with Gasteiger partial charge >= 0.3 is 0 Å². The molecular formula is C16H26N2O. The molecule has 2 atom stereocenters. The Bertz CT molecular complexity index is 398. The van der Waals surface area contributed by atoms with Crippen LogP contribution >= 0.6 is 0 Å². The zero-order valence-electron chi connectivity index (χ0n) is 12.4. The van der Waals surface area contributed by atoms with Crippen molar-refractivity contribution in [3.8, 4) is 0 Å². The molecule has 0 aliphatic rings. The number of rotatable bonds is 6. The zero-order valence-corrected chi connectivity index (χ0v) is 12.4. The van der Waals surface area contributed by atoms with Gasteiger partial charge < -0.3 is 11.1 Å². The number of hydrogen-bond donors (Lipinski definition) is 2. The molecule has 3 nitrogen and oxygen atoms in total. The molecule has 2 unspecified atom stereocenters. The third kappa shape index (κ3) is 4.35. The Kier molecular flexibility index (Phi) is 5.55. The Morgan fingerprint density at radius 2 is 1.89 bits per heavy atom. The highest BCUT2D eigenvalue weighted by atomic mass is 16.2. The summed E-state index contributed by atoms with van der Waals surface area (Å²) in [5.41, 5.74) is 6.41. The molecule has 0 bridgehead atoms. The average molecular weight is 262 g/mol. The average Bonchev–Trinajstić information content (AvgIpc) is 2.36. The number of hydrogen-bond acceptors (Lipinski definition) is 2. The van der Waals surface area contributed by atoms with Crippen LogP contribution in [0.3, 0.4) is 0 Å². The van der Waals surface area contributed by atoms with Gasteiger partial charge in [0, 0.05) is 0 Å². The van der Waals surface area contributed by atoms with Gasteiger partial charge in [0.1, 0.15) is 0 Å². The van der Waals surface area contributed by atoms with Gasteiger partial charge in [-0.1, -0.05) is 57.5 Å². The van der Waals surface area contributed by atoms with E-state index in [-0.39, 0.29) is 11.9 Å². The monoisotopic (exact) mass is 262 g/mol. The number of carbonyl (C=O) groups excluding carboxylic acids is 1. The van der Waals surface area contributed by atoms with Crippen LogP contribution < -0.4 is 11.1 Å². The quantitative estimate of drug-likeness (QED) is 0.828. The molecule has 1 amide bonds. The predicted octanol–water partition coefficient (Wildman–Crippen LogP) is 3.02. The predicted molar refractivity (Wildman–Crippen MR) is 79.7 cm³/mol. The van der Waals surface area contributed by atoms with Crippen LogP contribution in [0, 0.1) is 5.92 Å². The number of nitrogens with one attached hydrogen (secondary N) is 1. The van der Waals surface area contributed by atoms with Gasteiger partial charge in [0.05, 0.1) is 11.6 Å². The Balaban J connectivity index is 2.84. The minimum absolute atomic E-state index is 0.00781. The second-order valence-electron chi connectivity index (χ2n) is 5.77. The molecule has 106 valence electrons. The van der Waals surface area contributed by atoms with Crippen LogP contribution in [-0.2, 0) is 4.79 Å². The van der Waals surface area contributed by atoms with Crippen molar-refractivity contribution >= 4 is 5.91 Å². The highest BCUT2D eigenvalue weighted by molar-refractivity contribution is 5.85. The molecule has 0 heterocycles. The van der Waals surface area contributed by atoms with Gasteiger partial charge in [-0.25, -0.2) is 0 Å². The summed E-state index contributed by atoms with van der Waals surface area (Å²) in [4.78, 5) is 12.3. The number of carbonyl (C=O) groups is 1. The standard InChI is InChI=1S/C16H26N2O/c1-5-11-16(4,17)15(19)18-14(12(2)3)13-9-7-6-8-10-13/h6-10,12,14H,5,11,17H2,1-4H3,(H,18,19). The summed E-state index contributed by atoms with van der Waals surface area (Å²) in [7, 11) is 0. The van der Waals surface area contributed by atoms with E-state index in [1.807, 2.05) is 37.3 Å². The fourth-order valence-corrected chi connectivity index (χ4v) is 2.23. The Morgan fingerprint density at radius 1 is 1.32 bits per heavy atom. The summed E-state index contributed by atoms with van der Waals surface area (Å²) in [6, 6.07) is 10.0. The first kappa shape index (κ1) is 15.7. The van der Waals surface area contributed by atoms with Crippen molar-refractivity contribution in [2.75, 3.05) is 0 Å². The fraction of sp³-hybridized carbons (Fsp3) is 0.562. The molecule has 3 N–H and O–H groups in total. The maximum atomic E-state index is 12.3. The van der Waals surface area contributed by atoms with E-state index in [4.69, 9.17) is 5.73 Å². The Morgan fingerprint density at radius 3 is 2.37 bits per heavy atom. The van der Waals surface area contributed by atoms with Crippen LogP contribution in [0.1, 0.15) is 52.1 Å². The first-order chi connectivity index (χ1) is 8.88. The molecule has 19 heavy (non-hydrogen) atoms. The van der Waals surface area contributed by atoms with Gasteiger partial charge in [0.25, 0.3) is 0 Å². The van der Waals surface area contributed by atoms with Crippen LogP contribution in [0.25, 0.3) is 0 Å². The molecule has 0 fully saturated rings. The van der Waals surface area contributed by atoms with Gasteiger partial charge in [-0.15, -0.1) is 0 Å². The largest absolute Gasteiger partial charge is 0.347 e. The van der Waals surface area contributed by atoms with Gasteiger partial charge in [0.2, 0.25) is 5.91 Å². The number of benzene rings is 1. The summed E-state index contributed by atoms with van der Waals surface area (Å²) in [5, 5.41) is 3.09. The summed E-state index contributed by atoms with van der Waals surface area (Å²) in [6.45, 7) is 8.04. The molecule has 0 aromatic heterocycles. The lowest BCUT2D eigenvalue weighted by atomic mass is 9.92. The zero-order chi connectivity index (χ0) is 14.5. The van der Waals surface area contributed by atoms with Gasteiger partial charge in [0.15, 0.2) is 0 Å². The molecule has 0 saturated carbocycles. The molecule has 0 aliphatic carbocycles. The van der Waals surface area contributed by atoms with Crippen LogP contribution in [0.5, 0.6) is 0 Å². The Hall–Kier alpha value is -1.35. The molecule has 0 radical (unpaired) electrons. The molecule has 1 rings (SSSR count). The van der Waals surface area contributed by atoms with E-state index >= 15 is 0 Å². The summed E-state index contributed by atoms with van der Waals surface area (Å²) < 4.78 is 0. The van der Waals surface area contributed by atoms with Crippen molar-refractivity contribution in [1.82, 2.24) is 5.32 Å². The first-order valence-electron chi connectivity index (χ1n) is 7.03. The lowest BCUT2D eigenvalue weighted by molar-refractivity contribution is -0.127. The third-order valence-corrected chi connectivity index (χ3v) is 3.40. The number of nitrogens with two attached hydrogens (primary N) is 1. The van der Waals surface area contributed by atoms with Crippen LogP contribution in [0.4, 0.5) is 0 Å². The molecule has 0 saturated heterocycles. The van der Waals surface area contributed by atoms with Crippen molar-refractivity contribution in [2.45, 2.75) is 52.1 Å². The van der Waals surface area contributed by atoms with Crippen LogP contribution in [-0.4, -0.2) is 11.4 Å². The van der Waals surface area contributed by atoms with E-state index in [1.54, 1.807) is 6.92 Å². The summed E-state index contributed by atoms with van der Waals surface area (Å²) in [6.07, 6.45) is 1.59. The molecular weight excluding hydrogens is 236 g/mol. The van der Waals surface area contributed by atoms with Gasteiger partial charge in [-0.2, -0.15) is 0 Å². The maximum absolute atomic E-state index is 12.3. The summed E-state index contributed by atoms with van der Waals surface area (Å²) in [5.74, 6) is 0.251. The second-order valence-corrected chi connectivity index (χ2v) is 5.77. The van der Waals surface area contributed by atoms with E-state index < -0.39 is 5.54 Å². The highest BCUT2D eigenvalue weighted by Crippen LogP contribution is 2.22. The lowest BCUT2D eigenvalue weighted by Crippen LogP contribution is -2.52. The van der Waals surface area contributed by atoms with Crippen molar-refractivity contribution < 1.29 is 4.79 Å². The fourth-order valence-electron chi connectivity index (χ4n) is 2.23. The lowest BCUT2D eigenvalue weighted by Gasteiger charge is -2.29. The van der Waals surface area contributed by atoms with E-state index in [2.05, 4.69) is 19.2 Å². The summed E-state index contributed by atoms with van der Waals surface area (Å²) >= 11 is 0. The van der Waals surface area contributed by atoms with E-state index in [0.29, 0.717) is 12.3 Å². The minimum Gasteiger partial charge on any atom is -0.347 e. The van der Waals surface area contributed by atoms with Crippen molar-refractivity contribution in [3.05, 3.63) is 35.9 Å². The number of amides is 1. The topological polar surface area (TPSA) is 55.1 Å². The molecule has 3 heteroatoms. The minimum atomic E-state index is -0.795. The van der Waals surface area contributed by atoms with E-state index in [1.165, 1.54) is 0 Å². The van der Waals surface area contributed by atoms with Gasteiger partial charge in [-0.3, -0.25) is 4.79 Å². The second kappa shape index (κ2) is 6.71. The van der Waals surface area contributed by atoms with E-state index in [9.17, 15) is 4.79 Å². The van der Waals surface area contributed by atoms with Crippen molar-refractivity contribution in [2.24, 2.45) is 11.7 Å². The SMILES string of the molecule is CCCC(C)(N)C(=O)NC(c1ccccc1)C(C)C. The van der Waals surface area contributed by atoms with Crippen molar-refractivity contribution in [1.29, 1.82) is 0 Å². The molecule has 0 aliphatic heterocycles. The molecule has 0 spiro atoms. The molecule has 1 aromatic rings. The van der Waals surface area contributed by atoms with Crippen molar-refractivity contribution in [3.63, 3.8) is 0 Å². The van der Waals surface area contributed by atoms with Crippen LogP contribution in [0.15, 0.2) is 30.3 Å². The smallest absolute Gasteiger partial charge is 0.240 e. The maximum Gasteiger partial charge on any atom is 0.240 e. The normalized spacial score (nSPS) is 15.9. The third-order valence-electron chi connectivity index (χ3n) is 3.40.